The third-order valence-electron chi connectivity index (χ3n) is 3.17. The second-order valence-corrected chi connectivity index (χ2v) is 5.86. The van der Waals surface area contributed by atoms with E-state index in [2.05, 4.69) is 0 Å². The summed E-state index contributed by atoms with van der Waals surface area (Å²) in [7, 11) is 0. The van der Waals surface area contributed by atoms with Gasteiger partial charge in [-0.05, 0) is 29.0 Å². The zero-order valence-electron chi connectivity index (χ0n) is 11.0. The highest BCUT2D eigenvalue weighted by molar-refractivity contribution is 7.17. The summed E-state index contributed by atoms with van der Waals surface area (Å²) in [6.07, 6.45) is 0. The van der Waals surface area contributed by atoms with Crippen molar-refractivity contribution in [2.75, 3.05) is 5.73 Å². The molecule has 0 saturated heterocycles. The minimum atomic E-state index is -0.506. The number of hydrogen-bond acceptors (Lipinski definition) is 4. The molecular formula is C16H12ClNO2S. The number of hydrogen-bond donors (Lipinski definition) is 1. The van der Waals surface area contributed by atoms with Crippen LogP contribution in [0.5, 0.6) is 0 Å². The minimum absolute atomic E-state index is 0.202. The fourth-order valence-corrected chi connectivity index (χ4v) is 3.32. The molecule has 2 aromatic carbocycles. The van der Waals surface area contributed by atoms with Crippen molar-refractivity contribution in [1.82, 2.24) is 0 Å². The highest BCUT2D eigenvalue weighted by Gasteiger charge is 2.16. The van der Waals surface area contributed by atoms with E-state index < -0.39 is 5.97 Å². The lowest BCUT2D eigenvalue weighted by atomic mass is 10.2. The Morgan fingerprint density at radius 2 is 2.00 bits per heavy atom. The Hall–Kier alpha value is -2.04. The van der Waals surface area contributed by atoms with Gasteiger partial charge >= 0.3 is 5.97 Å². The monoisotopic (exact) mass is 317 g/mol. The van der Waals surface area contributed by atoms with Crippen LogP contribution in [-0.4, -0.2) is 5.97 Å². The van der Waals surface area contributed by atoms with E-state index in [0.29, 0.717) is 10.7 Å². The molecule has 0 fully saturated rings. The number of fused-ring (bicyclic) bond motifs is 1. The summed E-state index contributed by atoms with van der Waals surface area (Å²) in [6.45, 7) is 0.202. The number of benzene rings is 2. The summed E-state index contributed by atoms with van der Waals surface area (Å²) in [4.78, 5) is 12.1. The van der Waals surface area contributed by atoms with Gasteiger partial charge in [0.2, 0.25) is 0 Å². The molecule has 106 valence electrons. The topological polar surface area (TPSA) is 52.3 Å². The van der Waals surface area contributed by atoms with Gasteiger partial charge in [-0.15, -0.1) is 11.3 Å². The van der Waals surface area contributed by atoms with Gasteiger partial charge in [-0.3, -0.25) is 0 Å². The van der Waals surface area contributed by atoms with Crippen LogP contribution in [0.2, 0.25) is 5.02 Å². The second kappa shape index (κ2) is 5.76. The standard InChI is InChI=1S/C16H12ClNO2S/c17-12-5-3-6-13(18)15(12)16(19)20-8-10-9-21-14-7-2-1-4-11(10)14/h1-7,9H,8,18H2. The van der Waals surface area contributed by atoms with Gasteiger partial charge in [0.05, 0.1) is 5.02 Å². The first-order valence-electron chi connectivity index (χ1n) is 6.33. The largest absolute Gasteiger partial charge is 0.457 e. The van der Waals surface area contributed by atoms with Gasteiger partial charge in [0.15, 0.2) is 0 Å². The van der Waals surface area contributed by atoms with E-state index in [-0.39, 0.29) is 12.2 Å². The average Bonchev–Trinajstić information content (AvgIpc) is 2.88. The lowest BCUT2D eigenvalue weighted by Crippen LogP contribution is -2.08. The number of nitrogens with two attached hydrogens (primary N) is 1. The predicted molar refractivity (Wildman–Crippen MR) is 86.8 cm³/mol. The molecule has 0 amide bonds. The maximum Gasteiger partial charge on any atom is 0.342 e. The highest BCUT2D eigenvalue weighted by atomic mass is 35.5. The first kappa shape index (κ1) is 13.9. The Balaban J connectivity index is 1.80. The number of carbonyl (C=O) groups is 1. The molecule has 0 spiro atoms. The molecule has 3 rings (SSSR count). The van der Waals surface area contributed by atoms with Crippen LogP contribution in [0.1, 0.15) is 15.9 Å². The molecule has 0 aliphatic rings. The Bertz CT molecular complexity index is 793. The number of halogens is 1. The van der Waals surface area contributed by atoms with Gasteiger partial charge in [-0.1, -0.05) is 35.9 Å². The van der Waals surface area contributed by atoms with Crippen LogP contribution in [0, 0.1) is 0 Å². The highest BCUT2D eigenvalue weighted by Crippen LogP contribution is 2.27. The molecule has 2 N–H and O–H groups in total. The van der Waals surface area contributed by atoms with Gasteiger partial charge in [0, 0.05) is 16.0 Å². The van der Waals surface area contributed by atoms with Gasteiger partial charge in [-0.25, -0.2) is 4.79 Å². The van der Waals surface area contributed by atoms with E-state index in [1.807, 2.05) is 29.6 Å². The fraction of sp³-hybridized carbons (Fsp3) is 0.0625. The Labute approximate surface area is 130 Å². The van der Waals surface area contributed by atoms with Gasteiger partial charge in [-0.2, -0.15) is 0 Å². The number of carbonyl (C=O) groups excluding carboxylic acids is 1. The maximum atomic E-state index is 12.1. The van der Waals surface area contributed by atoms with Crippen LogP contribution in [0.25, 0.3) is 10.1 Å². The number of rotatable bonds is 3. The van der Waals surface area contributed by atoms with Crippen molar-refractivity contribution in [2.24, 2.45) is 0 Å². The fourth-order valence-electron chi connectivity index (χ4n) is 2.12. The number of thiophene rings is 1. The first-order valence-corrected chi connectivity index (χ1v) is 7.59. The molecule has 3 aromatic rings. The zero-order valence-corrected chi connectivity index (χ0v) is 12.6. The summed E-state index contributed by atoms with van der Waals surface area (Å²) >= 11 is 7.63. The molecule has 0 radical (unpaired) electrons. The zero-order chi connectivity index (χ0) is 14.8. The van der Waals surface area contributed by atoms with E-state index in [0.717, 1.165) is 10.9 Å². The smallest absolute Gasteiger partial charge is 0.342 e. The minimum Gasteiger partial charge on any atom is -0.457 e. The second-order valence-electron chi connectivity index (χ2n) is 4.54. The molecule has 0 bridgehead atoms. The van der Waals surface area contributed by atoms with E-state index in [9.17, 15) is 4.79 Å². The molecule has 21 heavy (non-hydrogen) atoms. The third-order valence-corrected chi connectivity index (χ3v) is 4.50. The van der Waals surface area contributed by atoms with Crippen molar-refractivity contribution in [1.29, 1.82) is 0 Å². The van der Waals surface area contributed by atoms with Gasteiger partial charge in [0.25, 0.3) is 0 Å². The van der Waals surface area contributed by atoms with Gasteiger partial charge in [0.1, 0.15) is 12.2 Å². The van der Waals surface area contributed by atoms with E-state index in [1.165, 1.54) is 4.70 Å². The van der Waals surface area contributed by atoms with Crippen LogP contribution in [0.4, 0.5) is 5.69 Å². The lowest BCUT2D eigenvalue weighted by molar-refractivity contribution is 0.0476. The van der Waals surface area contributed by atoms with E-state index in [1.54, 1.807) is 29.5 Å². The van der Waals surface area contributed by atoms with Crippen molar-refractivity contribution in [3.05, 3.63) is 64.0 Å². The maximum absolute atomic E-state index is 12.1. The summed E-state index contributed by atoms with van der Waals surface area (Å²) in [5, 5.41) is 3.39. The first-order chi connectivity index (χ1) is 10.2. The molecule has 1 heterocycles. The molecule has 1 aromatic heterocycles. The SMILES string of the molecule is Nc1cccc(Cl)c1C(=O)OCc1csc2ccccc12. The van der Waals surface area contributed by atoms with Crippen LogP contribution in [0.3, 0.4) is 0 Å². The number of anilines is 1. The summed E-state index contributed by atoms with van der Waals surface area (Å²) < 4.78 is 6.51. The van der Waals surface area contributed by atoms with Gasteiger partial charge < -0.3 is 10.5 Å². The Morgan fingerprint density at radius 3 is 2.81 bits per heavy atom. The van der Waals surface area contributed by atoms with Crippen molar-refractivity contribution >= 4 is 44.7 Å². The molecule has 0 saturated carbocycles. The van der Waals surface area contributed by atoms with Crippen molar-refractivity contribution in [3.63, 3.8) is 0 Å². The lowest BCUT2D eigenvalue weighted by Gasteiger charge is -2.08. The molecular weight excluding hydrogens is 306 g/mol. The molecule has 0 aliphatic carbocycles. The van der Waals surface area contributed by atoms with Crippen LogP contribution < -0.4 is 5.73 Å². The van der Waals surface area contributed by atoms with Crippen molar-refractivity contribution < 1.29 is 9.53 Å². The molecule has 5 heteroatoms. The predicted octanol–water partition coefficient (Wildman–Crippen LogP) is 4.49. The molecule has 0 atom stereocenters. The Kier molecular flexibility index (Phi) is 3.82. The normalized spacial score (nSPS) is 10.7. The number of ether oxygens (including phenoxy) is 1. The van der Waals surface area contributed by atoms with Crippen LogP contribution in [-0.2, 0) is 11.3 Å². The number of esters is 1. The van der Waals surface area contributed by atoms with E-state index in [4.69, 9.17) is 22.1 Å². The third kappa shape index (κ3) is 2.73. The van der Waals surface area contributed by atoms with Crippen molar-refractivity contribution in [3.8, 4) is 0 Å². The van der Waals surface area contributed by atoms with E-state index >= 15 is 0 Å². The van der Waals surface area contributed by atoms with Crippen molar-refractivity contribution in [2.45, 2.75) is 6.61 Å². The Morgan fingerprint density at radius 1 is 1.19 bits per heavy atom. The summed E-state index contributed by atoms with van der Waals surface area (Å²) in [5.41, 5.74) is 7.30. The van der Waals surface area contributed by atoms with Crippen LogP contribution >= 0.6 is 22.9 Å². The molecule has 3 nitrogen and oxygen atoms in total. The quantitative estimate of drug-likeness (QED) is 0.572. The number of nitrogen functional groups attached to an aromatic ring is 1. The summed E-state index contributed by atoms with van der Waals surface area (Å²) in [5.74, 6) is -0.506. The summed E-state index contributed by atoms with van der Waals surface area (Å²) in [6, 6.07) is 12.9. The molecule has 0 aliphatic heterocycles. The average molecular weight is 318 g/mol. The van der Waals surface area contributed by atoms with Crippen LogP contribution in [0.15, 0.2) is 47.8 Å². The molecule has 0 unspecified atom stereocenters.